The molecule has 0 spiro atoms. The molecule has 1 heterocycles. The predicted octanol–water partition coefficient (Wildman–Crippen LogP) is 3.65. The summed E-state index contributed by atoms with van der Waals surface area (Å²) >= 11 is 0. The number of benzene rings is 1. The Bertz CT molecular complexity index is 666. The fourth-order valence-corrected chi connectivity index (χ4v) is 2.35. The van der Waals surface area contributed by atoms with Gasteiger partial charge in [-0.3, -0.25) is 10.1 Å². The van der Waals surface area contributed by atoms with Crippen molar-refractivity contribution in [1.82, 2.24) is 4.98 Å². The zero-order valence-corrected chi connectivity index (χ0v) is 11.0. The lowest BCUT2D eigenvalue weighted by atomic mass is 9.94. The van der Waals surface area contributed by atoms with Crippen LogP contribution in [0.4, 0.5) is 0 Å². The molecule has 0 aliphatic carbocycles. The van der Waals surface area contributed by atoms with E-state index in [4.69, 9.17) is 0 Å². The van der Waals surface area contributed by atoms with Gasteiger partial charge in [-0.1, -0.05) is 0 Å². The van der Waals surface area contributed by atoms with Crippen LogP contribution in [0.15, 0.2) is 12.4 Å². The molecule has 18 heavy (non-hydrogen) atoms. The number of aromatic amines is 1. The van der Waals surface area contributed by atoms with Crippen LogP contribution in [-0.4, -0.2) is 9.91 Å². The van der Waals surface area contributed by atoms with Crippen LogP contribution in [0.1, 0.15) is 27.8 Å². The zero-order valence-electron chi connectivity index (χ0n) is 11.0. The average molecular weight is 244 g/mol. The Kier molecular flexibility index (Phi) is 2.95. The van der Waals surface area contributed by atoms with E-state index in [9.17, 15) is 10.1 Å². The maximum Gasteiger partial charge on any atom is 0.235 e. The van der Waals surface area contributed by atoms with Crippen molar-refractivity contribution in [2.75, 3.05) is 0 Å². The lowest BCUT2D eigenvalue weighted by Crippen LogP contribution is -1.93. The van der Waals surface area contributed by atoms with Crippen molar-refractivity contribution in [3.63, 3.8) is 0 Å². The highest BCUT2D eigenvalue weighted by molar-refractivity contribution is 5.95. The van der Waals surface area contributed by atoms with Gasteiger partial charge in [0.2, 0.25) is 6.20 Å². The standard InChI is InChI=1S/C14H16N2O2/c1-8-9(2)11(4)14-13(10(8)3)12(7-15-14)5-6-16(17)18/h5-7,15H,1-4H3/b6-5+. The molecule has 0 saturated heterocycles. The van der Waals surface area contributed by atoms with Crippen LogP contribution in [0.2, 0.25) is 0 Å². The number of nitro groups is 1. The third kappa shape index (κ3) is 1.79. The molecule has 0 aliphatic heterocycles. The molecule has 0 fully saturated rings. The molecule has 1 N–H and O–H groups in total. The second-order valence-corrected chi connectivity index (χ2v) is 4.60. The smallest absolute Gasteiger partial charge is 0.235 e. The minimum atomic E-state index is -0.442. The molecule has 4 nitrogen and oxygen atoms in total. The lowest BCUT2D eigenvalue weighted by Gasteiger charge is -2.11. The summed E-state index contributed by atoms with van der Waals surface area (Å²) in [4.78, 5) is 13.2. The second-order valence-electron chi connectivity index (χ2n) is 4.60. The number of H-pyrrole nitrogens is 1. The van der Waals surface area contributed by atoms with E-state index in [2.05, 4.69) is 32.7 Å². The highest BCUT2D eigenvalue weighted by Crippen LogP contribution is 2.31. The Morgan fingerprint density at radius 3 is 2.33 bits per heavy atom. The van der Waals surface area contributed by atoms with E-state index < -0.39 is 4.92 Å². The normalized spacial score (nSPS) is 11.6. The van der Waals surface area contributed by atoms with Gasteiger partial charge < -0.3 is 4.98 Å². The summed E-state index contributed by atoms with van der Waals surface area (Å²) in [5.74, 6) is 0. The average Bonchev–Trinajstić information content (AvgIpc) is 2.75. The van der Waals surface area contributed by atoms with Gasteiger partial charge in [-0.25, -0.2) is 0 Å². The van der Waals surface area contributed by atoms with Gasteiger partial charge in [0.15, 0.2) is 0 Å². The van der Waals surface area contributed by atoms with Crippen LogP contribution in [0.25, 0.3) is 17.0 Å². The molecular formula is C14H16N2O2. The molecule has 4 heteroatoms. The zero-order chi connectivity index (χ0) is 13.4. The van der Waals surface area contributed by atoms with Gasteiger partial charge >= 0.3 is 0 Å². The number of fused-ring (bicyclic) bond motifs is 1. The van der Waals surface area contributed by atoms with Crippen molar-refractivity contribution in [1.29, 1.82) is 0 Å². The molecule has 2 aromatic rings. The molecular weight excluding hydrogens is 228 g/mol. The number of nitrogens with zero attached hydrogens (tertiary/aromatic N) is 1. The second kappa shape index (κ2) is 4.29. The van der Waals surface area contributed by atoms with Gasteiger partial charge in [0.1, 0.15) is 0 Å². The largest absolute Gasteiger partial charge is 0.360 e. The molecule has 0 aliphatic rings. The minimum absolute atomic E-state index is 0.442. The summed E-state index contributed by atoms with van der Waals surface area (Å²) in [6.45, 7) is 8.32. The van der Waals surface area contributed by atoms with E-state index in [0.717, 1.165) is 22.7 Å². The van der Waals surface area contributed by atoms with Crippen molar-refractivity contribution in [3.8, 4) is 0 Å². The van der Waals surface area contributed by atoms with E-state index in [1.54, 1.807) is 6.08 Å². The first kappa shape index (κ1) is 12.4. The van der Waals surface area contributed by atoms with E-state index >= 15 is 0 Å². The van der Waals surface area contributed by atoms with Gasteiger partial charge in [0, 0.05) is 28.7 Å². The van der Waals surface area contributed by atoms with Gasteiger partial charge in [-0.05, 0) is 49.9 Å². The molecule has 0 unspecified atom stereocenters. The maximum atomic E-state index is 10.4. The topological polar surface area (TPSA) is 58.9 Å². The highest BCUT2D eigenvalue weighted by atomic mass is 16.6. The first-order valence-electron chi connectivity index (χ1n) is 5.82. The van der Waals surface area contributed by atoms with Crippen molar-refractivity contribution in [2.45, 2.75) is 27.7 Å². The summed E-state index contributed by atoms with van der Waals surface area (Å²) in [5, 5.41) is 11.5. The van der Waals surface area contributed by atoms with Crippen LogP contribution in [0, 0.1) is 37.8 Å². The Morgan fingerprint density at radius 2 is 1.72 bits per heavy atom. The molecule has 1 aromatic carbocycles. The first-order chi connectivity index (χ1) is 8.43. The fourth-order valence-electron chi connectivity index (χ4n) is 2.35. The van der Waals surface area contributed by atoms with E-state index in [1.807, 2.05) is 6.20 Å². The monoisotopic (exact) mass is 244 g/mol. The molecule has 0 bridgehead atoms. The van der Waals surface area contributed by atoms with Crippen LogP contribution in [-0.2, 0) is 0 Å². The quantitative estimate of drug-likeness (QED) is 0.647. The van der Waals surface area contributed by atoms with Gasteiger partial charge in [-0.2, -0.15) is 0 Å². The number of rotatable bonds is 2. The number of nitrogens with one attached hydrogen (secondary N) is 1. The number of aromatic nitrogens is 1. The van der Waals surface area contributed by atoms with Crippen molar-refractivity contribution in [2.24, 2.45) is 0 Å². The van der Waals surface area contributed by atoms with Crippen LogP contribution >= 0.6 is 0 Å². The Labute approximate surface area is 105 Å². The summed E-state index contributed by atoms with van der Waals surface area (Å²) < 4.78 is 0. The molecule has 0 saturated carbocycles. The molecule has 2 rings (SSSR count). The van der Waals surface area contributed by atoms with Gasteiger partial charge in [-0.15, -0.1) is 0 Å². The van der Waals surface area contributed by atoms with Crippen molar-refractivity contribution < 1.29 is 4.92 Å². The molecule has 0 radical (unpaired) electrons. The van der Waals surface area contributed by atoms with E-state index in [1.165, 1.54) is 22.3 Å². The molecule has 0 atom stereocenters. The van der Waals surface area contributed by atoms with Crippen LogP contribution in [0.5, 0.6) is 0 Å². The Hall–Kier alpha value is -2.10. The number of aryl methyl sites for hydroxylation is 2. The van der Waals surface area contributed by atoms with Crippen molar-refractivity contribution >= 4 is 17.0 Å². The van der Waals surface area contributed by atoms with Gasteiger partial charge in [0.05, 0.1) is 4.92 Å². The first-order valence-corrected chi connectivity index (χ1v) is 5.82. The van der Waals surface area contributed by atoms with E-state index in [0.29, 0.717) is 0 Å². The summed E-state index contributed by atoms with van der Waals surface area (Å²) in [6, 6.07) is 0. The minimum Gasteiger partial charge on any atom is -0.360 e. The van der Waals surface area contributed by atoms with Crippen LogP contribution in [0.3, 0.4) is 0 Å². The number of hydrogen-bond acceptors (Lipinski definition) is 2. The summed E-state index contributed by atoms with van der Waals surface area (Å²) in [7, 11) is 0. The molecule has 1 aromatic heterocycles. The summed E-state index contributed by atoms with van der Waals surface area (Å²) in [5.41, 5.74) is 6.83. The van der Waals surface area contributed by atoms with Gasteiger partial charge in [0.25, 0.3) is 0 Å². The Morgan fingerprint density at radius 1 is 1.11 bits per heavy atom. The lowest BCUT2D eigenvalue weighted by molar-refractivity contribution is -0.400. The SMILES string of the molecule is Cc1c(C)c(C)c2c(/C=C/[N+](=O)[O-])c[nH]c2c1C. The maximum absolute atomic E-state index is 10.4. The molecule has 94 valence electrons. The van der Waals surface area contributed by atoms with Crippen LogP contribution < -0.4 is 0 Å². The highest BCUT2D eigenvalue weighted by Gasteiger charge is 2.12. The van der Waals surface area contributed by atoms with E-state index in [-0.39, 0.29) is 0 Å². The number of hydrogen-bond donors (Lipinski definition) is 1. The third-order valence-corrected chi connectivity index (χ3v) is 3.72. The summed E-state index contributed by atoms with van der Waals surface area (Å²) in [6.07, 6.45) is 4.34. The fraction of sp³-hybridized carbons (Fsp3) is 0.286. The Balaban J connectivity index is 2.77. The predicted molar refractivity (Wildman–Crippen MR) is 73.3 cm³/mol. The molecule has 0 amide bonds. The third-order valence-electron chi connectivity index (χ3n) is 3.72. The van der Waals surface area contributed by atoms with Crippen molar-refractivity contribution in [3.05, 3.63) is 50.3 Å².